The van der Waals surface area contributed by atoms with Crippen LogP contribution in [-0.4, -0.2) is 35.6 Å². The highest BCUT2D eigenvalue weighted by molar-refractivity contribution is 5.63. The molecule has 0 amide bonds. The minimum Gasteiger partial charge on any atom is -0.310 e. The Kier molecular flexibility index (Phi) is 6.00. The molecule has 3 nitrogen and oxygen atoms in total. The molecule has 1 saturated carbocycles. The number of nitrogens with zero attached hydrogens (tertiary/aromatic N) is 2. The van der Waals surface area contributed by atoms with Crippen molar-refractivity contribution in [2.75, 3.05) is 13.6 Å². The standard InChI is InChI=1S/C21H29N3/c1-3-24(2)21-9-7-20(8-10-21)23-16-17-5-4-6-19(15-17)18-11-13-22-14-12-18/h4-6,11-15,20-21,23H,3,7-10,16H2,1-2H3. The van der Waals surface area contributed by atoms with Gasteiger partial charge in [-0.1, -0.05) is 25.1 Å². The van der Waals surface area contributed by atoms with Crippen LogP contribution in [0, 0.1) is 0 Å². The minimum atomic E-state index is 0.663. The van der Waals surface area contributed by atoms with Gasteiger partial charge in [-0.05, 0) is 74.2 Å². The van der Waals surface area contributed by atoms with Crippen LogP contribution in [0.5, 0.6) is 0 Å². The summed E-state index contributed by atoms with van der Waals surface area (Å²) in [7, 11) is 2.25. The van der Waals surface area contributed by atoms with E-state index >= 15 is 0 Å². The second-order valence-corrected chi connectivity index (χ2v) is 6.90. The molecule has 0 radical (unpaired) electrons. The van der Waals surface area contributed by atoms with Gasteiger partial charge in [-0.15, -0.1) is 0 Å². The Morgan fingerprint density at radius 1 is 1.04 bits per heavy atom. The number of nitrogens with one attached hydrogen (secondary N) is 1. The maximum absolute atomic E-state index is 4.10. The van der Waals surface area contributed by atoms with E-state index in [1.807, 2.05) is 12.4 Å². The van der Waals surface area contributed by atoms with Gasteiger partial charge in [0.1, 0.15) is 0 Å². The number of rotatable bonds is 6. The van der Waals surface area contributed by atoms with Crippen LogP contribution in [0.4, 0.5) is 0 Å². The molecule has 128 valence electrons. The third kappa shape index (κ3) is 4.43. The molecular weight excluding hydrogens is 294 g/mol. The van der Waals surface area contributed by atoms with Gasteiger partial charge >= 0.3 is 0 Å². The van der Waals surface area contributed by atoms with Crippen molar-refractivity contribution in [1.29, 1.82) is 0 Å². The smallest absolute Gasteiger partial charge is 0.0273 e. The van der Waals surface area contributed by atoms with E-state index in [0.717, 1.165) is 19.1 Å². The first-order valence-corrected chi connectivity index (χ1v) is 9.19. The van der Waals surface area contributed by atoms with Crippen molar-refractivity contribution in [2.45, 2.75) is 51.2 Å². The van der Waals surface area contributed by atoms with Crippen molar-refractivity contribution < 1.29 is 0 Å². The second-order valence-electron chi connectivity index (χ2n) is 6.90. The van der Waals surface area contributed by atoms with E-state index in [4.69, 9.17) is 0 Å². The van der Waals surface area contributed by atoms with Crippen LogP contribution in [0.25, 0.3) is 11.1 Å². The molecule has 0 spiro atoms. The van der Waals surface area contributed by atoms with Crippen LogP contribution in [0.2, 0.25) is 0 Å². The molecule has 0 bridgehead atoms. The summed E-state index contributed by atoms with van der Waals surface area (Å²) in [6.07, 6.45) is 8.92. The molecule has 0 saturated heterocycles. The summed E-state index contributed by atoms with van der Waals surface area (Å²) in [6.45, 7) is 4.36. The van der Waals surface area contributed by atoms with Gasteiger partial charge in [-0.25, -0.2) is 0 Å². The second kappa shape index (κ2) is 8.41. The lowest BCUT2D eigenvalue weighted by atomic mass is 9.90. The molecule has 1 N–H and O–H groups in total. The van der Waals surface area contributed by atoms with Crippen molar-refractivity contribution in [2.24, 2.45) is 0 Å². The molecule has 0 atom stereocenters. The lowest BCUT2D eigenvalue weighted by molar-refractivity contribution is 0.181. The van der Waals surface area contributed by atoms with Crippen LogP contribution < -0.4 is 5.32 Å². The highest BCUT2D eigenvalue weighted by Gasteiger charge is 2.22. The average molecular weight is 323 g/mol. The molecule has 1 aliphatic rings. The summed E-state index contributed by atoms with van der Waals surface area (Å²) in [5.41, 5.74) is 3.86. The normalized spacial score (nSPS) is 21.1. The molecule has 0 aliphatic heterocycles. The number of hydrogen-bond acceptors (Lipinski definition) is 3. The Balaban J connectivity index is 1.53. The third-order valence-corrected chi connectivity index (χ3v) is 5.35. The average Bonchev–Trinajstić information content (AvgIpc) is 2.67. The Morgan fingerprint density at radius 2 is 1.79 bits per heavy atom. The van der Waals surface area contributed by atoms with Gasteiger partial charge < -0.3 is 10.2 Å². The largest absolute Gasteiger partial charge is 0.310 e. The molecule has 0 unspecified atom stereocenters. The van der Waals surface area contributed by atoms with E-state index in [1.54, 1.807) is 0 Å². The first-order chi connectivity index (χ1) is 11.8. The Morgan fingerprint density at radius 3 is 2.50 bits per heavy atom. The fraction of sp³-hybridized carbons (Fsp3) is 0.476. The van der Waals surface area contributed by atoms with E-state index < -0.39 is 0 Å². The Labute approximate surface area is 146 Å². The number of benzene rings is 1. The van der Waals surface area contributed by atoms with Crippen LogP contribution in [0.3, 0.4) is 0 Å². The monoisotopic (exact) mass is 323 g/mol. The van der Waals surface area contributed by atoms with E-state index in [9.17, 15) is 0 Å². The zero-order chi connectivity index (χ0) is 16.8. The van der Waals surface area contributed by atoms with Gasteiger partial charge in [-0.3, -0.25) is 4.98 Å². The maximum atomic E-state index is 4.10. The lowest BCUT2D eigenvalue weighted by Crippen LogP contribution is -2.40. The van der Waals surface area contributed by atoms with Crippen LogP contribution in [0.1, 0.15) is 38.2 Å². The number of hydrogen-bond donors (Lipinski definition) is 1. The van der Waals surface area contributed by atoms with Crippen molar-refractivity contribution in [3.8, 4) is 11.1 Å². The lowest BCUT2D eigenvalue weighted by Gasteiger charge is -2.34. The van der Waals surface area contributed by atoms with Gasteiger partial charge in [0.15, 0.2) is 0 Å². The summed E-state index contributed by atoms with van der Waals surface area (Å²) in [6, 6.07) is 14.4. The number of pyridine rings is 1. The first kappa shape index (κ1) is 17.1. The minimum absolute atomic E-state index is 0.663. The molecule has 1 aromatic carbocycles. The molecule has 2 aromatic rings. The summed E-state index contributed by atoms with van der Waals surface area (Å²) >= 11 is 0. The zero-order valence-corrected chi connectivity index (χ0v) is 14.9. The van der Waals surface area contributed by atoms with Gasteiger partial charge in [0.05, 0.1) is 0 Å². The van der Waals surface area contributed by atoms with Gasteiger partial charge in [0.25, 0.3) is 0 Å². The highest BCUT2D eigenvalue weighted by Crippen LogP contribution is 2.23. The zero-order valence-electron chi connectivity index (χ0n) is 14.9. The predicted molar refractivity (Wildman–Crippen MR) is 101 cm³/mol. The molecule has 24 heavy (non-hydrogen) atoms. The van der Waals surface area contributed by atoms with Crippen molar-refractivity contribution in [3.63, 3.8) is 0 Å². The first-order valence-electron chi connectivity index (χ1n) is 9.19. The van der Waals surface area contributed by atoms with Crippen molar-refractivity contribution in [1.82, 2.24) is 15.2 Å². The molecular formula is C21H29N3. The van der Waals surface area contributed by atoms with Crippen LogP contribution in [0.15, 0.2) is 48.8 Å². The summed E-state index contributed by atoms with van der Waals surface area (Å²) in [5.74, 6) is 0. The van der Waals surface area contributed by atoms with E-state index in [-0.39, 0.29) is 0 Å². The fourth-order valence-corrected chi connectivity index (χ4v) is 3.65. The third-order valence-electron chi connectivity index (χ3n) is 5.35. The summed E-state index contributed by atoms with van der Waals surface area (Å²) in [5, 5.41) is 3.76. The number of aromatic nitrogens is 1. The highest BCUT2D eigenvalue weighted by atomic mass is 15.1. The molecule has 1 fully saturated rings. The molecule has 3 rings (SSSR count). The topological polar surface area (TPSA) is 28.2 Å². The molecule has 3 heteroatoms. The van der Waals surface area contributed by atoms with E-state index in [2.05, 4.69) is 65.6 Å². The summed E-state index contributed by atoms with van der Waals surface area (Å²) < 4.78 is 0. The van der Waals surface area contributed by atoms with Gasteiger partial charge in [0, 0.05) is 31.0 Å². The molecule has 1 aromatic heterocycles. The van der Waals surface area contributed by atoms with E-state index in [0.29, 0.717) is 6.04 Å². The maximum Gasteiger partial charge on any atom is 0.0273 e. The van der Waals surface area contributed by atoms with Crippen molar-refractivity contribution >= 4 is 0 Å². The Bertz CT molecular complexity index is 618. The van der Waals surface area contributed by atoms with Crippen LogP contribution in [-0.2, 0) is 6.54 Å². The quantitative estimate of drug-likeness (QED) is 0.867. The predicted octanol–water partition coefficient (Wildman–Crippen LogP) is 4.10. The molecule has 1 aliphatic carbocycles. The van der Waals surface area contributed by atoms with Gasteiger partial charge in [0.2, 0.25) is 0 Å². The van der Waals surface area contributed by atoms with Crippen molar-refractivity contribution in [3.05, 3.63) is 54.4 Å². The SMILES string of the molecule is CCN(C)C1CCC(NCc2cccc(-c3ccncc3)c2)CC1. The fourth-order valence-electron chi connectivity index (χ4n) is 3.65. The molecule has 1 heterocycles. The van der Waals surface area contributed by atoms with Gasteiger partial charge in [-0.2, -0.15) is 0 Å². The van der Waals surface area contributed by atoms with E-state index in [1.165, 1.54) is 42.4 Å². The summed E-state index contributed by atoms with van der Waals surface area (Å²) in [4.78, 5) is 6.59. The Hall–Kier alpha value is -1.71. The van der Waals surface area contributed by atoms with Crippen LogP contribution >= 0.6 is 0 Å².